The largest absolute Gasteiger partial charge is 0.357 e. The standard InChI is InChI=1S/C7H16F2NO2.ClH/c1-4-10(2,3)5-7(11,12)6(8)9;/h6,11-12H,4-5H2,1-3H3;1H/q+1;. The van der Waals surface area contributed by atoms with E-state index in [9.17, 15) is 8.78 Å². The van der Waals surface area contributed by atoms with Crippen LogP contribution in [-0.4, -0.2) is 54.1 Å². The minimum absolute atomic E-state index is 0. The van der Waals surface area contributed by atoms with E-state index in [2.05, 4.69) is 0 Å². The van der Waals surface area contributed by atoms with Gasteiger partial charge in [-0.3, -0.25) is 0 Å². The highest BCUT2D eigenvalue weighted by atomic mass is 35.5. The molecule has 0 aliphatic heterocycles. The average Bonchev–Trinajstić information content (AvgIpc) is 1.85. The fourth-order valence-electron chi connectivity index (χ4n) is 0.811. The summed E-state index contributed by atoms with van der Waals surface area (Å²) in [6.07, 6.45) is -3.12. The van der Waals surface area contributed by atoms with Crippen LogP contribution in [0.4, 0.5) is 8.78 Å². The van der Waals surface area contributed by atoms with Crippen molar-refractivity contribution < 1.29 is 23.5 Å². The Bertz CT molecular complexity index is 153. The minimum Gasteiger partial charge on any atom is -0.357 e. The van der Waals surface area contributed by atoms with Gasteiger partial charge in [0.05, 0.1) is 20.6 Å². The summed E-state index contributed by atoms with van der Waals surface area (Å²) in [4.78, 5) is 0. The van der Waals surface area contributed by atoms with E-state index >= 15 is 0 Å². The quantitative estimate of drug-likeness (QED) is 0.534. The average molecular weight is 221 g/mol. The zero-order chi connectivity index (χ0) is 9.99. The first kappa shape index (κ1) is 15.5. The lowest BCUT2D eigenvalue weighted by molar-refractivity contribution is -0.899. The maximum atomic E-state index is 12.0. The Hall–Kier alpha value is 0.0300. The number of rotatable bonds is 4. The van der Waals surface area contributed by atoms with Crippen molar-refractivity contribution >= 4 is 12.4 Å². The first-order chi connectivity index (χ1) is 5.21. The second-order valence-electron chi connectivity index (χ2n) is 3.59. The molecule has 0 aliphatic rings. The van der Waals surface area contributed by atoms with Gasteiger partial charge < -0.3 is 14.7 Å². The molecule has 0 aromatic rings. The summed E-state index contributed by atoms with van der Waals surface area (Å²) in [5.41, 5.74) is 0. The maximum absolute atomic E-state index is 12.0. The molecule has 0 aliphatic carbocycles. The van der Waals surface area contributed by atoms with E-state index in [1.54, 1.807) is 21.0 Å². The van der Waals surface area contributed by atoms with Gasteiger partial charge in [0.2, 0.25) is 0 Å². The fourth-order valence-corrected chi connectivity index (χ4v) is 0.811. The highest BCUT2D eigenvalue weighted by Gasteiger charge is 2.41. The van der Waals surface area contributed by atoms with Crippen molar-refractivity contribution in [3.63, 3.8) is 0 Å². The number of hydrogen-bond donors (Lipinski definition) is 2. The number of quaternary nitrogens is 1. The molecule has 2 N–H and O–H groups in total. The van der Waals surface area contributed by atoms with E-state index in [0.29, 0.717) is 6.54 Å². The van der Waals surface area contributed by atoms with Crippen LogP contribution in [-0.2, 0) is 0 Å². The predicted octanol–water partition coefficient (Wildman–Crippen LogP) is 0.450. The van der Waals surface area contributed by atoms with E-state index in [1.807, 2.05) is 0 Å². The molecule has 0 unspecified atom stereocenters. The van der Waals surface area contributed by atoms with Crippen molar-refractivity contribution in [2.24, 2.45) is 0 Å². The number of aliphatic hydroxyl groups is 2. The van der Waals surface area contributed by atoms with Gasteiger partial charge in [-0.15, -0.1) is 12.4 Å². The lowest BCUT2D eigenvalue weighted by Crippen LogP contribution is -2.55. The fraction of sp³-hybridized carbons (Fsp3) is 1.00. The molecule has 0 saturated carbocycles. The Kier molecular flexibility index (Phi) is 6.02. The van der Waals surface area contributed by atoms with Crippen molar-refractivity contribution in [3.05, 3.63) is 0 Å². The first-order valence-corrected chi connectivity index (χ1v) is 3.76. The first-order valence-electron chi connectivity index (χ1n) is 3.76. The molecule has 0 saturated heterocycles. The summed E-state index contributed by atoms with van der Waals surface area (Å²) in [6.45, 7) is 1.98. The topological polar surface area (TPSA) is 40.5 Å². The van der Waals surface area contributed by atoms with Crippen molar-refractivity contribution in [2.75, 3.05) is 27.2 Å². The molecule has 0 radical (unpaired) electrons. The smallest absolute Gasteiger partial charge is 0.297 e. The van der Waals surface area contributed by atoms with Gasteiger partial charge in [-0.2, -0.15) is 0 Å². The highest BCUT2D eigenvalue weighted by molar-refractivity contribution is 5.85. The van der Waals surface area contributed by atoms with Crippen LogP contribution in [0.5, 0.6) is 0 Å². The normalized spacial score (nSPS) is 12.9. The number of halogens is 3. The van der Waals surface area contributed by atoms with Gasteiger partial charge in [0.25, 0.3) is 12.2 Å². The zero-order valence-corrected chi connectivity index (χ0v) is 8.81. The summed E-state index contributed by atoms with van der Waals surface area (Å²) in [6, 6.07) is 0. The maximum Gasteiger partial charge on any atom is 0.297 e. The molecule has 0 fully saturated rings. The number of hydrogen-bond acceptors (Lipinski definition) is 2. The van der Waals surface area contributed by atoms with Crippen molar-refractivity contribution in [1.82, 2.24) is 0 Å². The second kappa shape index (κ2) is 5.05. The van der Waals surface area contributed by atoms with Crippen LogP contribution in [0.2, 0.25) is 0 Å². The molecule has 0 aromatic carbocycles. The van der Waals surface area contributed by atoms with Crippen LogP contribution in [0.1, 0.15) is 6.92 Å². The van der Waals surface area contributed by atoms with Crippen LogP contribution in [0, 0.1) is 0 Å². The molecule has 0 rings (SSSR count). The van der Waals surface area contributed by atoms with Gasteiger partial charge in [0.1, 0.15) is 6.54 Å². The van der Waals surface area contributed by atoms with E-state index < -0.39 is 12.2 Å². The van der Waals surface area contributed by atoms with Crippen LogP contribution >= 0.6 is 12.4 Å². The van der Waals surface area contributed by atoms with Gasteiger partial charge in [-0.05, 0) is 6.92 Å². The van der Waals surface area contributed by atoms with Crippen LogP contribution < -0.4 is 0 Å². The van der Waals surface area contributed by atoms with E-state index in [4.69, 9.17) is 10.2 Å². The third-order valence-corrected chi connectivity index (χ3v) is 1.87. The van der Waals surface area contributed by atoms with Crippen molar-refractivity contribution in [1.29, 1.82) is 0 Å². The Balaban J connectivity index is 0. The molecule has 0 bridgehead atoms. The lowest BCUT2D eigenvalue weighted by Gasteiger charge is -2.33. The van der Waals surface area contributed by atoms with Crippen molar-refractivity contribution in [2.45, 2.75) is 19.1 Å². The Labute approximate surface area is 83.0 Å². The number of nitrogens with zero attached hydrogens (tertiary/aromatic N) is 1. The molecular weight excluding hydrogens is 204 g/mol. The summed E-state index contributed by atoms with van der Waals surface area (Å²) in [5, 5.41) is 17.7. The van der Waals surface area contributed by atoms with E-state index in [1.165, 1.54) is 0 Å². The third kappa shape index (κ3) is 5.36. The highest BCUT2D eigenvalue weighted by Crippen LogP contribution is 2.15. The lowest BCUT2D eigenvalue weighted by atomic mass is 10.2. The SMILES string of the molecule is CC[N+](C)(C)CC(O)(O)C(F)F.Cl. The molecule has 3 nitrogen and oxygen atoms in total. The molecule has 6 heteroatoms. The predicted molar refractivity (Wildman–Crippen MR) is 47.9 cm³/mol. The van der Waals surface area contributed by atoms with Crippen LogP contribution in [0.25, 0.3) is 0 Å². The minimum atomic E-state index is -3.12. The van der Waals surface area contributed by atoms with Gasteiger partial charge in [-0.1, -0.05) is 0 Å². The van der Waals surface area contributed by atoms with Gasteiger partial charge in [0, 0.05) is 0 Å². The van der Waals surface area contributed by atoms with E-state index in [0.717, 1.165) is 0 Å². The summed E-state index contributed by atoms with van der Waals surface area (Å²) >= 11 is 0. The molecule has 13 heavy (non-hydrogen) atoms. The van der Waals surface area contributed by atoms with Gasteiger partial charge in [-0.25, -0.2) is 8.78 Å². The van der Waals surface area contributed by atoms with E-state index in [-0.39, 0.29) is 23.4 Å². The molecule has 0 heterocycles. The Morgan fingerprint density at radius 3 is 1.92 bits per heavy atom. The monoisotopic (exact) mass is 220 g/mol. The summed E-state index contributed by atoms with van der Waals surface area (Å²) in [7, 11) is 3.31. The molecule has 0 spiro atoms. The molecule has 0 amide bonds. The summed E-state index contributed by atoms with van der Waals surface area (Å²) in [5.74, 6) is -2.88. The van der Waals surface area contributed by atoms with Crippen molar-refractivity contribution in [3.8, 4) is 0 Å². The Morgan fingerprint density at radius 1 is 1.31 bits per heavy atom. The Morgan fingerprint density at radius 2 is 1.69 bits per heavy atom. The van der Waals surface area contributed by atoms with Crippen LogP contribution in [0.15, 0.2) is 0 Å². The third-order valence-electron chi connectivity index (χ3n) is 1.87. The van der Waals surface area contributed by atoms with Crippen LogP contribution in [0.3, 0.4) is 0 Å². The van der Waals surface area contributed by atoms with Gasteiger partial charge in [0.15, 0.2) is 0 Å². The number of likely N-dealkylation sites (N-methyl/N-ethyl adjacent to an activating group) is 1. The molecule has 0 atom stereocenters. The summed E-state index contributed by atoms with van der Waals surface area (Å²) < 4.78 is 24.1. The molecule has 82 valence electrons. The molecule has 0 aromatic heterocycles. The zero-order valence-electron chi connectivity index (χ0n) is 8.00. The van der Waals surface area contributed by atoms with Gasteiger partial charge >= 0.3 is 0 Å². The number of alkyl halides is 2. The molecular formula is C7H17ClF2NO2+. The second-order valence-corrected chi connectivity index (χ2v) is 3.59.